The second kappa shape index (κ2) is 10.4. The molecule has 2 aliphatic heterocycles. The molecule has 2 saturated heterocycles. The van der Waals surface area contributed by atoms with Gasteiger partial charge in [-0.3, -0.25) is 9.89 Å². The summed E-state index contributed by atoms with van der Waals surface area (Å²) in [5.74, 6) is 0.877. The summed E-state index contributed by atoms with van der Waals surface area (Å²) >= 11 is 0. The number of nitrogens with zero attached hydrogens (tertiary/aromatic N) is 2. The van der Waals surface area contributed by atoms with E-state index in [1.165, 1.54) is 0 Å². The Bertz CT molecular complexity index is 443. The van der Waals surface area contributed by atoms with Crippen molar-refractivity contribution >= 4 is 29.9 Å². The maximum atomic E-state index is 5.87. The lowest BCUT2D eigenvalue weighted by atomic mass is 10.0. The van der Waals surface area contributed by atoms with Crippen LogP contribution in [0.1, 0.15) is 54.4 Å². The summed E-state index contributed by atoms with van der Waals surface area (Å²) in [4.78, 5) is 7.36. The second-order valence-corrected chi connectivity index (χ2v) is 8.43. The van der Waals surface area contributed by atoms with Crippen LogP contribution in [0.2, 0.25) is 0 Å². The van der Waals surface area contributed by atoms with Gasteiger partial charge in [-0.25, -0.2) is 0 Å². The molecular weight excluding hydrogens is 443 g/mol. The van der Waals surface area contributed by atoms with Crippen molar-refractivity contribution in [1.29, 1.82) is 0 Å². The van der Waals surface area contributed by atoms with Gasteiger partial charge in [-0.05, 0) is 54.4 Å². The Balaban J connectivity index is 0.00000338. The molecule has 0 radical (unpaired) electrons. The van der Waals surface area contributed by atoms with Gasteiger partial charge in [-0.2, -0.15) is 0 Å². The van der Waals surface area contributed by atoms with E-state index in [-0.39, 0.29) is 47.3 Å². The van der Waals surface area contributed by atoms with Gasteiger partial charge in [0.15, 0.2) is 5.96 Å². The summed E-state index contributed by atoms with van der Waals surface area (Å²) in [5, 5.41) is 6.82. The zero-order chi connectivity index (χ0) is 18.5. The van der Waals surface area contributed by atoms with Gasteiger partial charge in [0.2, 0.25) is 0 Å². The fourth-order valence-corrected chi connectivity index (χ4v) is 3.63. The van der Waals surface area contributed by atoms with Crippen LogP contribution in [0.15, 0.2) is 4.99 Å². The highest BCUT2D eigenvalue weighted by molar-refractivity contribution is 14.0. The van der Waals surface area contributed by atoms with Crippen LogP contribution in [0.5, 0.6) is 0 Å². The van der Waals surface area contributed by atoms with Crippen LogP contribution in [0.25, 0.3) is 0 Å². The number of hydrogen-bond acceptors (Lipinski definition) is 4. The average Bonchev–Trinajstić information content (AvgIpc) is 2.96. The summed E-state index contributed by atoms with van der Waals surface area (Å²) < 4.78 is 11.7. The van der Waals surface area contributed by atoms with Gasteiger partial charge in [0, 0.05) is 38.3 Å². The predicted molar refractivity (Wildman–Crippen MR) is 119 cm³/mol. The number of nitrogens with one attached hydrogen (secondary N) is 2. The molecule has 2 heterocycles. The van der Waals surface area contributed by atoms with Crippen LogP contribution in [0.3, 0.4) is 0 Å². The van der Waals surface area contributed by atoms with E-state index >= 15 is 0 Å². The number of rotatable bonds is 6. The molecule has 6 nitrogen and oxygen atoms in total. The molecule has 2 fully saturated rings. The van der Waals surface area contributed by atoms with Crippen LogP contribution < -0.4 is 10.6 Å². The lowest BCUT2D eigenvalue weighted by Gasteiger charge is -2.44. The first kappa shape index (κ1) is 23.9. The molecule has 2 aliphatic rings. The lowest BCUT2D eigenvalue weighted by Crippen LogP contribution is -2.56. The van der Waals surface area contributed by atoms with Gasteiger partial charge in [0.1, 0.15) is 0 Å². The quantitative estimate of drug-likeness (QED) is 0.347. The number of morpholine rings is 1. The molecule has 2 N–H and O–H groups in total. The zero-order valence-corrected chi connectivity index (χ0v) is 19.8. The van der Waals surface area contributed by atoms with Crippen molar-refractivity contribution < 1.29 is 9.47 Å². The highest BCUT2D eigenvalue weighted by Crippen LogP contribution is 2.24. The Hall–Kier alpha value is -0.120. The summed E-state index contributed by atoms with van der Waals surface area (Å²) in [6, 6.07) is 0. The average molecular weight is 482 g/mol. The minimum Gasteiger partial charge on any atom is -0.373 e. The summed E-state index contributed by atoms with van der Waals surface area (Å²) in [7, 11) is 0. The van der Waals surface area contributed by atoms with Gasteiger partial charge in [0.25, 0.3) is 0 Å². The first-order valence-electron chi connectivity index (χ1n) is 9.81. The van der Waals surface area contributed by atoms with E-state index in [2.05, 4.69) is 57.1 Å². The van der Waals surface area contributed by atoms with E-state index in [1.807, 2.05) is 0 Å². The summed E-state index contributed by atoms with van der Waals surface area (Å²) in [6.45, 7) is 18.3. The van der Waals surface area contributed by atoms with E-state index in [9.17, 15) is 0 Å². The maximum Gasteiger partial charge on any atom is 0.191 e. The number of ether oxygens (including phenoxy) is 2. The summed E-state index contributed by atoms with van der Waals surface area (Å²) in [6.07, 6.45) is 2.80. The highest BCUT2D eigenvalue weighted by Gasteiger charge is 2.33. The number of halogens is 1. The zero-order valence-electron chi connectivity index (χ0n) is 17.4. The van der Waals surface area contributed by atoms with Crippen molar-refractivity contribution in [1.82, 2.24) is 15.5 Å². The molecule has 0 bridgehead atoms. The number of aliphatic imine (C=N–C) groups is 1. The standard InChI is InChI=1S/C19H38N4O2.HI/c1-7-20-17(22-14-19(6)9-8-10-24-19)21-13-18(4,5)23-11-15(2)25-16(3)12-23;/h15-16H,7-14H2,1-6H3,(H2,20,21,22);1H. The van der Waals surface area contributed by atoms with Crippen LogP contribution in [-0.4, -0.2) is 73.5 Å². The van der Waals surface area contributed by atoms with Crippen molar-refractivity contribution in [2.75, 3.05) is 39.3 Å². The van der Waals surface area contributed by atoms with Crippen molar-refractivity contribution in [3.63, 3.8) is 0 Å². The van der Waals surface area contributed by atoms with Gasteiger partial charge in [-0.1, -0.05) is 0 Å². The molecule has 2 rings (SSSR count). The Morgan fingerprint density at radius 3 is 2.42 bits per heavy atom. The molecule has 0 aliphatic carbocycles. The van der Waals surface area contributed by atoms with E-state index in [1.54, 1.807) is 0 Å². The van der Waals surface area contributed by atoms with Crippen LogP contribution in [0, 0.1) is 0 Å². The Morgan fingerprint density at radius 2 is 1.88 bits per heavy atom. The Labute approximate surface area is 176 Å². The largest absolute Gasteiger partial charge is 0.373 e. The monoisotopic (exact) mass is 482 g/mol. The smallest absolute Gasteiger partial charge is 0.191 e. The Kier molecular flexibility index (Phi) is 9.60. The normalized spacial score (nSPS) is 30.8. The van der Waals surface area contributed by atoms with Crippen LogP contribution in [0.4, 0.5) is 0 Å². The SMILES string of the molecule is CCNC(=NCC(C)(C)N1CC(C)OC(C)C1)NCC1(C)CCCO1.I. The molecular formula is C19H39IN4O2. The van der Waals surface area contributed by atoms with Gasteiger partial charge in [0.05, 0.1) is 24.4 Å². The molecule has 3 atom stereocenters. The molecule has 154 valence electrons. The minimum absolute atomic E-state index is 0. The third-order valence-corrected chi connectivity index (χ3v) is 5.17. The fourth-order valence-electron chi connectivity index (χ4n) is 3.63. The summed E-state index contributed by atoms with van der Waals surface area (Å²) in [5.41, 5.74) is -0.0663. The van der Waals surface area contributed by atoms with Gasteiger partial charge < -0.3 is 20.1 Å². The topological polar surface area (TPSA) is 58.1 Å². The van der Waals surface area contributed by atoms with E-state index < -0.39 is 0 Å². The molecule has 0 spiro atoms. The van der Waals surface area contributed by atoms with Crippen molar-refractivity contribution in [2.24, 2.45) is 4.99 Å². The van der Waals surface area contributed by atoms with Crippen molar-refractivity contribution in [3.8, 4) is 0 Å². The number of guanidine groups is 1. The third kappa shape index (κ3) is 7.13. The fraction of sp³-hybridized carbons (Fsp3) is 0.947. The molecule has 7 heteroatoms. The molecule has 0 aromatic carbocycles. The first-order valence-corrected chi connectivity index (χ1v) is 9.81. The lowest BCUT2D eigenvalue weighted by molar-refractivity contribution is -0.0939. The van der Waals surface area contributed by atoms with Gasteiger partial charge >= 0.3 is 0 Å². The van der Waals surface area contributed by atoms with E-state index in [0.29, 0.717) is 0 Å². The molecule has 0 aromatic rings. The van der Waals surface area contributed by atoms with Crippen LogP contribution in [-0.2, 0) is 9.47 Å². The molecule has 0 amide bonds. The van der Waals surface area contributed by atoms with Crippen LogP contribution >= 0.6 is 24.0 Å². The maximum absolute atomic E-state index is 5.87. The Morgan fingerprint density at radius 1 is 1.23 bits per heavy atom. The van der Waals surface area contributed by atoms with E-state index in [0.717, 1.165) is 58.1 Å². The highest BCUT2D eigenvalue weighted by atomic mass is 127. The minimum atomic E-state index is -0.0687. The van der Waals surface area contributed by atoms with Gasteiger partial charge in [-0.15, -0.1) is 24.0 Å². The first-order chi connectivity index (χ1) is 11.7. The molecule has 0 saturated carbocycles. The molecule has 26 heavy (non-hydrogen) atoms. The van der Waals surface area contributed by atoms with Crippen molar-refractivity contribution in [3.05, 3.63) is 0 Å². The third-order valence-electron chi connectivity index (χ3n) is 5.17. The molecule has 3 unspecified atom stereocenters. The predicted octanol–water partition coefficient (Wildman–Crippen LogP) is 2.62. The van der Waals surface area contributed by atoms with Crippen molar-refractivity contribution in [2.45, 2.75) is 77.7 Å². The number of hydrogen-bond donors (Lipinski definition) is 2. The molecule has 0 aromatic heterocycles. The second-order valence-electron chi connectivity index (χ2n) is 8.43. The van der Waals surface area contributed by atoms with E-state index in [4.69, 9.17) is 14.5 Å².